The SMILES string of the molecule is Cc1[nH]ncc1S(=O)(=O)NCC(=N)N. The van der Waals surface area contributed by atoms with Gasteiger partial charge in [0, 0.05) is 0 Å². The van der Waals surface area contributed by atoms with Gasteiger partial charge in [-0.1, -0.05) is 0 Å². The van der Waals surface area contributed by atoms with Crippen molar-refractivity contribution < 1.29 is 8.42 Å². The van der Waals surface area contributed by atoms with Gasteiger partial charge in [-0.3, -0.25) is 10.5 Å². The fourth-order valence-electron chi connectivity index (χ4n) is 0.861. The lowest BCUT2D eigenvalue weighted by molar-refractivity contribution is 0.585. The molecule has 1 rings (SSSR count). The summed E-state index contributed by atoms with van der Waals surface area (Å²) >= 11 is 0. The highest BCUT2D eigenvalue weighted by atomic mass is 32.2. The molecule has 1 aromatic heterocycles. The molecule has 0 saturated carbocycles. The lowest BCUT2D eigenvalue weighted by Crippen LogP contribution is -2.33. The molecule has 0 bridgehead atoms. The Morgan fingerprint density at radius 2 is 2.43 bits per heavy atom. The van der Waals surface area contributed by atoms with Crippen LogP contribution in [0.1, 0.15) is 5.69 Å². The number of rotatable bonds is 4. The van der Waals surface area contributed by atoms with E-state index < -0.39 is 10.0 Å². The van der Waals surface area contributed by atoms with Gasteiger partial charge in [-0.2, -0.15) is 5.10 Å². The van der Waals surface area contributed by atoms with E-state index >= 15 is 0 Å². The minimum Gasteiger partial charge on any atom is -0.387 e. The minimum absolute atomic E-state index is 0.0683. The molecule has 1 aromatic rings. The van der Waals surface area contributed by atoms with Gasteiger partial charge in [-0.05, 0) is 6.92 Å². The van der Waals surface area contributed by atoms with E-state index in [1.807, 2.05) is 0 Å². The van der Waals surface area contributed by atoms with Crippen LogP contribution in [-0.2, 0) is 10.0 Å². The van der Waals surface area contributed by atoms with E-state index in [-0.39, 0.29) is 17.3 Å². The first-order valence-corrected chi connectivity index (χ1v) is 5.24. The molecule has 8 heteroatoms. The van der Waals surface area contributed by atoms with E-state index in [0.717, 1.165) is 0 Å². The number of aromatic nitrogens is 2. The van der Waals surface area contributed by atoms with Gasteiger partial charge >= 0.3 is 0 Å². The molecule has 7 nitrogen and oxygen atoms in total. The van der Waals surface area contributed by atoms with Crippen molar-refractivity contribution in [2.24, 2.45) is 5.73 Å². The molecule has 0 aliphatic carbocycles. The first kappa shape index (κ1) is 10.7. The molecule has 0 aromatic carbocycles. The molecule has 5 N–H and O–H groups in total. The summed E-state index contributed by atoms with van der Waals surface area (Å²) in [5.74, 6) is -0.241. The third-order valence-corrected chi connectivity index (χ3v) is 3.04. The third kappa shape index (κ3) is 2.30. The maximum atomic E-state index is 11.5. The summed E-state index contributed by atoms with van der Waals surface area (Å²) < 4.78 is 25.2. The molecule has 0 atom stereocenters. The average molecular weight is 217 g/mol. The standard InChI is InChI=1S/C6H11N5O2S/c1-4-5(2-9-11-4)14(12,13)10-3-6(7)8/h2,10H,3H2,1H3,(H3,7,8)(H,9,11). The van der Waals surface area contributed by atoms with E-state index in [0.29, 0.717) is 5.69 Å². The Morgan fingerprint density at radius 1 is 1.79 bits per heavy atom. The van der Waals surface area contributed by atoms with Crippen LogP contribution >= 0.6 is 0 Å². The van der Waals surface area contributed by atoms with Crippen molar-refractivity contribution in [2.45, 2.75) is 11.8 Å². The van der Waals surface area contributed by atoms with Gasteiger partial charge in [0.05, 0.1) is 18.4 Å². The monoisotopic (exact) mass is 217 g/mol. The Morgan fingerprint density at radius 3 is 2.86 bits per heavy atom. The molecule has 0 fully saturated rings. The number of hydrogen-bond acceptors (Lipinski definition) is 4. The van der Waals surface area contributed by atoms with Crippen LogP contribution in [0.4, 0.5) is 0 Å². The van der Waals surface area contributed by atoms with Crippen molar-refractivity contribution >= 4 is 15.9 Å². The van der Waals surface area contributed by atoms with Crippen molar-refractivity contribution in [2.75, 3.05) is 6.54 Å². The predicted octanol–water partition coefficient (Wildman–Crippen LogP) is -1.07. The fourth-order valence-corrected chi connectivity index (χ4v) is 2.00. The highest BCUT2D eigenvalue weighted by Gasteiger charge is 2.17. The van der Waals surface area contributed by atoms with Crippen molar-refractivity contribution in [1.82, 2.24) is 14.9 Å². The molecule has 0 aliphatic rings. The number of hydrogen-bond donors (Lipinski definition) is 4. The number of amidine groups is 1. The van der Waals surface area contributed by atoms with Gasteiger partial charge in [0.25, 0.3) is 0 Å². The number of aromatic amines is 1. The second kappa shape index (κ2) is 3.76. The molecule has 0 saturated heterocycles. The maximum Gasteiger partial charge on any atom is 0.244 e. The average Bonchev–Trinajstić information content (AvgIpc) is 2.48. The van der Waals surface area contributed by atoms with Gasteiger partial charge in [0.1, 0.15) is 10.7 Å². The summed E-state index contributed by atoms with van der Waals surface area (Å²) in [6.07, 6.45) is 1.21. The third-order valence-electron chi connectivity index (χ3n) is 1.53. The van der Waals surface area contributed by atoms with E-state index in [1.54, 1.807) is 6.92 Å². The van der Waals surface area contributed by atoms with Crippen molar-refractivity contribution in [3.63, 3.8) is 0 Å². The Bertz CT molecular complexity index is 435. The zero-order valence-electron chi connectivity index (χ0n) is 7.53. The quantitative estimate of drug-likeness (QED) is 0.378. The van der Waals surface area contributed by atoms with Crippen LogP contribution in [0.3, 0.4) is 0 Å². The summed E-state index contributed by atoms with van der Waals surface area (Å²) in [6, 6.07) is 0. The van der Waals surface area contributed by atoms with Gasteiger partial charge in [-0.15, -0.1) is 0 Å². The lowest BCUT2D eigenvalue weighted by atomic mass is 10.5. The van der Waals surface area contributed by atoms with Crippen LogP contribution in [0.15, 0.2) is 11.1 Å². The van der Waals surface area contributed by atoms with Gasteiger partial charge in [0.2, 0.25) is 10.0 Å². The molecule has 78 valence electrons. The number of nitrogens with two attached hydrogens (primary N) is 1. The molecular formula is C6H11N5O2S. The smallest absolute Gasteiger partial charge is 0.244 e. The summed E-state index contributed by atoms with van der Waals surface area (Å²) in [6.45, 7) is 1.39. The first-order chi connectivity index (χ1) is 6.43. The molecule has 14 heavy (non-hydrogen) atoms. The number of H-pyrrole nitrogens is 1. The summed E-state index contributed by atoms with van der Waals surface area (Å²) in [5.41, 5.74) is 5.47. The van der Waals surface area contributed by atoms with E-state index in [9.17, 15) is 8.42 Å². The highest BCUT2D eigenvalue weighted by molar-refractivity contribution is 7.89. The van der Waals surface area contributed by atoms with Gasteiger partial charge in [0.15, 0.2) is 0 Å². The van der Waals surface area contributed by atoms with Gasteiger partial charge in [-0.25, -0.2) is 13.1 Å². The normalized spacial score (nSPS) is 11.5. The molecule has 1 heterocycles. The number of sulfonamides is 1. The molecule has 0 aliphatic heterocycles. The Kier molecular flexibility index (Phi) is 2.87. The van der Waals surface area contributed by atoms with Gasteiger partial charge < -0.3 is 5.73 Å². The fraction of sp³-hybridized carbons (Fsp3) is 0.333. The summed E-state index contributed by atoms with van der Waals surface area (Å²) in [5, 5.41) is 13.0. The second-order valence-corrected chi connectivity index (χ2v) is 4.44. The van der Waals surface area contributed by atoms with Crippen LogP contribution in [-0.4, -0.2) is 31.0 Å². The van der Waals surface area contributed by atoms with Crippen LogP contribution in [0.25, 0.3) is 0 Å². The zero-order valence-corrected chi connectivity index (χ0v) is 8.35. The Hall–Kier alpha value is -1.41. The van der Waals surface area contributed by atoms with Crippen LogP contribution in [0.5, 0.6) is 0 Å². The number of nitrogens with one attached hydrogen (secondary N) is 3. The lowest BCUT2D eigenvalue weighted by Gasteiger charge is -2.03. The maximum absolute atomic E-state index is 11.5. The molecule has 0 radical (unpaired) electrons. The second-order valence-electron chi connectivity index (χ2n) is 2.71. The first-order valence-electron chi connectivity index (χ1n) is 3.76. The molecular weight excluding hydrogens is 206 g/mol. The van der Waals surface area contributed by atoms with Crippen molar-refractivity contribution in [3.8, 4) is 0 Å². The Labute approximate surface area is 81.3 Å². The minimum atomic E-state index is -3.61. The largest absolute Gasteiger partial charge is 0.387 e. The topological polar surface area (TPSA) is 125 Å². The zero-order chi connectivity index (χ0) is 10.8. The Balaban J connectivity index is 2.87. The summed E-state index contributed by atoms with van der Waals surface area (Å²) in [4.78, 5) is 0.0683. The number of nitrogens with zero attached hydrogens (tertiary/aromatic N) is 1. The van der Waals surface area contributed by atoms with E-state index in [2.05, 4.69) is 14.9 Å². The van der Waals surface area contributed by atoms with Crippen molar-refractivity contribution in [3.05, 3.63) is 11.9 Å². The molecule has 0 amide bonds. The van der Waals surface area contributed by atoms with Crippen LogP contribution in [0, 0.1) is 12.3 Å². The van der Waals surface area contributed by atoms with Crippen molar-refractivity contribution in [1.29, 1.82) is 5.41 Å². The molecule has 0 spiro atoms. The highest BCUT2D eigenvalue weighted by Crippen LogP contribution is 2.09. The van der Waals surface area contributed by atoms with E-state index in [1.165, 1.54) is 6.20 Å². The van der Waals surface area contributed by atoms with E-state index in [4.69, 9.17) is 11.1 Å². The van der Waals surface area contributed by atoms with Crippen LogP contribution in [0.2, 0.25) is 0 Å². The summed E-state index contributed by atoms with van der Waals surface area (Å²) in [7, 11) is -3.61. The molecule has 0 unspecified atom stereocenters. The number of aryl methyl sites for hydroxylation is 1. The van der Waals surface area contributed by atoms with Crippen LogP contribution < -0.4 is 10.5 Å². The predicted molar refractivity (Wildman–Crippen MR) is 50.4 cm³/mol.